The van der Waals surface area contributed by atoms with E-state index in [0.29, 0.717) is 31.3 Å². The van der Waals surface area contributed by atoms with Crippen LogP contribution in [0.25, 0.3) is 0 Å². The molecule has 27 heavy (non-hydrogen) atoms. The van der Waals surface area contributed by atoms with E-state index in [2.05, 4.69) is 29.1 Å². The first-order valence-corrected chi connectivity index (χ1v) is 10.4. The van der Waals surface area contributed by atoms with Crippen LogP contribution in [0.1, 0.15) is 58.1 Å². The van der Waals surface area contributed by atoms with Crippen LogP contribution in [0, 0.1) is 11.8 Å². The lowest BCUT2D eigenvalue weighted by Crippen LogP contribution is -2.50. The fourth-order valence-corrected chi connectivity index (χ4v) is 3.84. The smallest absolute Gasteiger partial charge is 0.317 e. The highest BCUT2D eigenvalue weighted by Crippen LogP contribution is 2.27. The molecule has 5 N–H and O–H groups in total. The van der Waals surface area contributed by atoms with Gasteiger partial charge in [0.25, 0.3) is 0 Å². The third kappa shape index (κ3) is 7.89. The summed E-state index contributed by atoms with van der Waals surface area (Å²) in [6.45, 7) is 5.54. The number of imidazole rings is 1. The number of aromatic nitrogens is 2. The molecule has 0 bridgehead atoms. The number of carbonyl (C=O) groups is 1. The lowest BCUT2D eigenvalue weighted by atomic mass is 9.84. The van der Waals surface area contributed by atoms with E-state index >= 15 is 0 Å². The van der Waals surface area contributed by atoms with Crippen molar-refractivity contribution in [2.24, 2.45) is 17.6 Å². The Hall–Kier alpha value is -1.60. The maximum atomic E-state index is 12.6. The molecule has 154 valence electrons. The van der Waals surface area contributed by atoms with Crippen LogP contribution in [0.4, 0.5) is 4.79 Å². The van der Waals surface area contributed by atoms with Crippen molar-refractivity contribution in [1.29, 1.82) is 0 Å². The number of H-pyrrole nitrogens is 1. The summed E-state index contributed by atoms with van der Waals surface area (Å²) >= 11 is 0. The fraction of sp³-hybridized carbons (Fsp3) is 0.800. The van der Waals surface area contributed by atoms with Crippen LogP contribution in [0.3, 0.4) is 0 Å². The Morgan fingerprint density at radius 2 is 2.11 bits per heavy atom. The summed E-state index contributed by atoms with van der Waals surface area (Å²) in [5.74, 6) is 0.940. The maximum Gasteiger partial charge on any atom is 0.317 e. The van der Waals surface area contributed by atoms with Crippen molar-refractivity contribution in [1.82, 2.24) is 20.2 Å². The summed E-state index contributed by atoms with van der Waals surface area (Å²) in [6.07, 6.45) is 10.5. The van der Waals surface area contributed by atoms with Crippen LogP contribution in [0.5, 0.6) is 0 Å². The minimum atomic E-state index is -0.691. The van der Waals surface area contributed by atoms with Gasteiger partial charge in [0.05, 0.1) is 12.4 Å². The third-order valence-electron chi connectivity index (χ3n) is 5.33. The Bertz CT molecular complexity index is 528. The van der Waals surface area contributed by atoms with E-state index in [1.165, 1.54) is 32.1 Å². The van der Waals surface area contributed by atoms with Crippen molar-refractivity contribution < 1.29 is 9.90 Å². The summed E-state index contributed by atoms with van der Waals surface area (Å²) in [7, 11) is 0. The Morgan fingerprint density at radius 3 is 2.74 bits per heavy atom. The van der Waals surface area contributed by atoms with Gasteiger partial charge in [-0.05, 0) is 18.3 Å². The van der Waals surface area contributed by atoms with Gasteiger partial charge < -0.3 is 26.0 Å². The maximum absolute atomic E-state index is 12.6. The number of hydrogen-bond donors (Lipinski definition) is 4. The van der Waals surface area contributed by atoms with Crippen LogP contribution in [-0.2, 0) is 6.42 Å². The molecule has 1 fully saturated rings. The standard InChI is InChI=1S/C20H37N5O2/c1-15(2)12-25(20(27)23-9-8-17-11-22-14-24-17)13-19(26)18(21)10-16-6-4-3-5-7-16/h11,14-16,18-19,26H,3-10,12-13,21H2,1-2H3,(H,22,24)(H,23,27). The van der Waals surface area contributed by atoms with E-state index in [1.54, 1.807) is 17.4 Å². The molecular weight excluding hydrogens is 342 g/mol. The molecule has 2 rings (SSSR count). The number of nitrogens with zero attached hydrogens (tertiary/aromatic N) is 2. The zero-order chi connectivity index (χ0) is 19.6. The molecule has 2 unspecified atom stereocenters. The Kier molecular flexibility index (Phi) is 9.07. The summed E-state index contributed by atoms with van der Waals surface area (Å²) < 4.78 is 0. The fourth-order valence-electron chi connectivity index (χ4n) is 3.84. The van der Waals surface area contributed by atoms with Gasteiger partial charge in [-0.1, -0.05) is 46.0 Å². The number of carbonyl (C=O) groups excluding carboxylic acids is 1. The first-order valence-electron chi connectivity index (χ1n) is 10.4. The van der Waals surface area contributed by atoms with Crippen LogP contribution >= 0.6 is 0 Å². The molecule has 1 aliphatic carbocycles. The van der Waals surface area contributed by atoms with Gasteiger partial charge >= 0.3 is 6.03 Å². The van der Waals surface area contributed by atoms with Crippen molar-refractivity contribution in [3.63, 3.8) is 0 Å². The van der Waals surface area contributed by atoms with Crippen molar-refractivity contribution in [3.8, 4) is 0 Å². The molecule has 7 nitrogen and oxygen atoms in total. The van der Waals surface area contributed by atoms with Crippen LogP contribution in [-0.4, -0.2) is 57.8 Å². The number of hydrogen-bond acceptors (Lipinski definition) is 4. The van der Waals surface area contributed by atoms with Gasteiger partial charge in [0, 0.05) is 44.0 Å². The number of nitrogens with two attached hydrogens (primary N) is 1. The van der Waals surface area contributed by atoms with Gasteiger partial charge in [0.15, 0.2) is 0 Å². The highest BCUT2D eigenvalue weighted by Gasteiger charge is 2.25. The second-order valence-corrected chi connectivity index (χ2v) is 8.33. The van der Waals surface area contributed by atoms with Gasteiger partial charge in [-0.15, -0.1) is 0 Å². The predicted molar refractivity (Wildman–Crippen MR) is 107 cm³/mol. The zero-order valence-corrected chi connectivity index (χ0v) is 16.9. The van der Waals surface area contributed by atoms with Crippen molar-refractivity contribution in [2.75, 3.05) is 19.6 Å². The molecule has 2 atom stereocenters. The number of amides is 2. The average Bonchev–Trinajstić information content (AvgIpc) is 3.15. The first kappa shape index (κ1) is 21.7. The molecule has 1 aromatic rings. The van der Waals surface area contributed by atoms with Gasteiger partial charge in [0.2, 0.25) is 0 Å². The van der Waals surface area contributed by atoms with E-state index in [4.69, 9.17) is 5.73 Å². The number of rotatable bonds is 10. The minimum absolute atomic E-state index is 0.146. The predicted octanol–water partition coefficient (Wildman–Crippen LogP) is 2.28. The van der Waals surface area contributed by atoms with E-state index in [0.717, 1.165) is 12.1 Å². The summed E-state index contributed by atoms with van der Waals surface area (Å²) in [5.41, 5.74) is 7.26. The first-order chi connectivity index (χ1) is 13.0. The van der Waals surface area contributed by atoms with Crippen molar-refractivity contribution in [3.05, 3.63) is 18.2 Å². The number of aliphatic hydroxyl groups is 1. The average molecular weight is 380 g/mol. The van der Waals surface area contributed by atoms with Gasteiger partial charge in [-0.2, -0.15) is 0 Å². The van der Waals surface area contributed by atoms with Gasteiger partial charge in [-0.3, -0.25) is 0 Å². The lowest BCUT2D eigenvalue weighted by molar-refractivity contribution is 0.0859. The Balaban J connectivity index is 1.80. The second-order valence-electron chi connectivity index (χ2n) is 8.33. The molecule has 0 aromatic carbocycles. The quantitative estimate of drug-likeness (QED) is 0.500. The highest BCUT2D eigenvalue weighted by molar-refractivity contribution is 5.74. The number of aliphatic hydroxyl groups excluding tert-OH is 1. The number of urea groups is 1. The monoisotopic (exact) mass is 379 g/mol. The lowest BCUT2D eigenvalue weighted by Gasteiger charge is -2.31. The van der Waals surface area contributed by atoms with Crippen LogP contribution in [0.2, 0.25) is 0 Å². The van der Waals surface area contributed by atoms with Crippen molar-refractivity contribution in [2.45, 2.75) is 70.9 Å². The molecule has 7 heteroatoms. The molecular formula is C20H37N5O2. The zero-order valence-electron chi connectivity index (χ0n) is 16.9. The molecule has 1 saturated carbocycles. The molecule has 0 aliphatic heterocycles. The van der Waals surface area contributed by atoms with E-state index < -0.39 is 6.10 Å². The Labute approximate surface area is 163 Å². The summed E-state index contributed by atoms with van der Waals surface area (Å²) in [6, 6.07) is -0.423. The molecule has 0 spiro atoms. The highest BCUT2D eigenvalue weighted by atomic mass is 16.3. The van der Waals surface area contributed by atoms with Crippen LogP contribution in [0.15, 0.2) is 12.5 Å². The molecule has 1 aliphatic rings. The van der Waals surface area contributed by atoms with Crippen LogP contribution < -0.4 is 11.1 Å². The van der Waals surface area contributed by atoms with E-state index in [-0.39, 0.29) is 18.6 Å². The Morgan fingerprint density at radius 1 is 1.37 bits per heavy atom. The van der Waals surface area contributed by atoms with E-state index in [9.17, 15) is 9.90 Å². The van der Waals surface area contributed by atoms with Gasteiger partial charge in [0.1, 0.15) is 0 Å². The minimum Gasteiger partial charge on any atom is -0.390 e. The largest absolute Gasteiger partial charge is 0.390 e. The molecule has 2 amide bonds. The summed E-state index contributed by atoms with van der Waals surface area (Å²) in [5, 5.41) is 13.5. The topological polar surface area (TPSA) is 107 Å². The second kappa shape index (κ2) is 11.3. The molecule has 0 saturated heterocycles. The van der Waals surface area contributed by atoms with Gasteiger partial charge in [-0.25, -0.2) is 9.78 Å². The third-order valence-corrected chi connectivity index (χ3v) is 5.33. The van der Waals surface area contributed by atoms with Crippen molar-refractivity contribution >= 4 is 6.03 Å². The summed E-state index contributed by atoms with van der Waals surface area (Å²) in [4.78, 5) is 21.3. The molecule has 0 radical (unpaired) electrons. The SMILES string of the molecule is CC(C)CN(CC(O)C(N)CC1CCCCC1)C(=O)NCCc1cnc[nH]1. The van der Waals surface area contributed by atoms with E-state index in [1.807, 2.05) is 0 Å². The normalized spacial score (nSPS) is 17.7. The number of nitrogens with one attached hydrogen (secondary N) is 2. The molecule has 1 heterocycles. The molecule has 1 aromatic heterocycles. The number of aromatic amines is 1.